The molecule has 0 rings (SSSR count). The minimum absolute atomic E-state index is 0.506. The first-order valence-corrected chi connectivity index (χ1v) is 7.16. The van der Waals surface area contributed by atoms with Crippen LogP contribution in [0.5, 0.6) is 0 Å². The molecule has 0 spiro atoms. The van der Waals surface area contributed by atoms with E-state index in [4.69, 9.17) is 9.47 Å². The van der Waals surface area contributed by atoms with Gasteiger partial charge in [-0.2, -0.15) is 0 Å². The van der Waals surface area contributed by atoms with Gasteiger partial charge in [0.15, 0.2) is 0 Å². The second kappa shape index (κ2) is 11.9. The summed E-state index contributed by atoms with van der Waals surface area (Å²) in [6.45, 7) is 11.3. The van der Waals surface area contributed by atoms with E-state index in [-0.39, 0.29) is 0 Å². The topological polar surface area (TPSA) is 33.7 Å². The molecule has 2 atom stereocenters. The SMILES string of the molecule is CCCNC(CC)C(C)N(CCOC)CCOC. The summed E-state index contributed by atoms with van der Waals surface area (Å²) in [5.74, 6) is 0. The summed E-state index contributed by atoms with van der Waals surface area (Å²) >= 11 is 0. The lowest BCUT2D eigenvalue weighted by Gasteiger charge is -2.34. The molecule has 0 bridgehead atoms. The van der Waals surface area contributed by atoms with Crippen LogP contribution in [-0.4, -0.2) is 64.1 Å². The Bertz CT molecular complexity index is 171. The molecule has 0 aliphatic carbocycles. The highest BCUT2D eigenvalue weighted by Crippen LogP contribution is 2.08. The largest absolute Gasteiger partial charge is 0.383 e. The van der Waals surface area contributed by atoms with Crippen molar-refractivity contribution < 1.29 is 9.47 Å². The molecule has 0 fully saturated rings. The van der Waals surface area contributed by atoms with Gasteiger partial charge in [-0.1, -0.05) is 13.8 Å². The molecule has 0 aliphatic rings. The minimum Gasteiger partial charge on any atom is -0.383 e. The lowest BCUT2D eigenvalue weighted by Crippen LogP contribution is -2.50. The summed E-state index contributed by atoms with van der Waals surface area (Å²) in [7, 11) is 3.51. The zero-order valence-electron chi connectivity index (χ0n) is 12.9. The van der Waals surface area contributed by atoms with Crippen molar-refractivity contribution in [2.75, 3.05) is 47.1 Å². The molecule has 1 N–H and O–H groups in total. The summed E-state index contributed by atoms with van der Waals surface area (Å²) < 4.78 is 10.4. The van der Waals surface area contributed by atoms with Crippen molar-refractivity contribution in [3.63, 3.8) is 0 Å². The molecule has 0 saturated carbocycles. The van der Waals surface area contributed by atoms with E-state index in [9.17, 15) is 0 Å². The fraction of sp³-hybridized carbons (Fsp3) is 1.00. The number of hydrogen-bond donors (Lipinski definition) is 1. The van der Waals surface area contributed by atoms with Gasteiger partial charge in [0.2, 0.25) is 0 Å². The van der Waals surface area contributed by atoms with Crippen LogP contribution >= 0.6 is 0 Å². The Labute approximate surface area is 113 Å². The van der Waals surface area contributed by atoms with Crippen LogP contribution in [0.2, 0.25) is 0 Å². The van der Waals surface area contributed by atoms with E-state index in [1.807, 2.05) is 0 Å². The maximum absolute atomic E-state index is 5.19. The minimum atomic E-state index is 0.506. The zero-order chi connectivity index (χ0) is 13.8. The average Bonchev–Trinajstić information content (AvgIpc) is 2.39. The smallest absolute Gasteiger partial charge is 0.0589 e. The Balaban J connectivity index is 4.31. The van der Waals surface area contributed by atoms with E-state index in [2.05, 4.69) is 31.0 Å². The first-order chi connectivity index (χ1) is 8.71. The zero-order valence-corrected chi connectivity index (χ0v) is 12.9. The second-order valence-electron chi connectivity index (χ2n) is 4.73. The second-order valence-corrected chi connectivity index (χ2v) is 4.73. The van der Waals surface area contributed by atoms with Crippen molar-refractivity contribution >= 4 is 0 Å². The molecule has 18 heavy (non-hydrogen) atoms. The van der Waals surface area contributed by atoms with Crippen LogP contribution in [0.1, 0.15) is 33.6 Å². The highest BCUT2D eigenvalue weighted by atomic mass is 16.5. The fourth-order valence-corrected chi connectivity index (χ4v) is 2.18. The number of rotatable bonds is 12. The van der Waals surface area contributed by atoms with Crippen LogP contribution in [0.15, 0.2) is 0 Å². The van der Waals surface area contributed by atoms with Gasteiger partial charge in [-0.15, -0.1) is 0 Å². The summed E-state index contributed by atoms with van der Waals surface area (Å²) in [5.41, 5.74) is 0. The van der Waals surface area contributed by atoms with Gasteiger partial charge in [0, 0.05) is 39.4 Å². The molecule has 0 aromatic heterocycles. The normalized spacial score (nSPS) is 15.0. The molecular weight excluding hydrogens is 228 g/mol. The predicted octanol–water partition coefficient (Wildman–Crippen LogP) is 1.75. The van der Waals surface area contributed by atoms with Crippen molar-refractivity contribution in [1.82, 2.24) is 10.2 Å². The first kappa shape index (κ1) is 17.8. The van der Waals surface area contributed by atoms with Crippen molar-refractivity contribution in [2.45, 2.75) is 45.7 Å². The standard InChI is InChI=1S/C14H32N2O2/c1-6-8-15-14(7-2)13(3)16(9-11-17-4)10-12-18-5/h13-15H,6-12H2,1-5H3. The Morgan fingerprint density at radius 3 is 2.00 bits per heavy atom. The van der Waals surface area contributed by atoms with Crippen molar-refractivity contribution in [3.8, 4) is 0 Å². The summed E-state index contributed by atoms with van der Waals surface area (Å²) in [6.07, 6.45) is 2.33. The van der Waals surface area contributed by atoms with Gasteiger partial charge in [-0.3, -0.25) is 4.90 Å². The van der Waals surface area contributed by atoms with Crippen molar-refractivity contribution in [1.29, 1.82) is 0 Å². The third kappa shape index (κ3) is 7.31. The maximum atomic E-state index is 5.19. The molecule has 0 aromatic carbocycles. The molecule has 0 heterocycles. The van der Waals surface area contributed by atoms with Gasteiger partial charge in [0.25, 0.3) is 0 Å². The molecule has 0 aromatic rings. The highest BCUT2D eigenvalue weighted by Gasteiger charge is 2.21. The van der Waals surface area contributed by atoms with Crippen molar-refractivity contribution in [3.05, 3.63) is 0 Å². The third-order valence-electron chi connectivity index (χ3n) is 3.42. The van der Waals surface area contributed by atoms with Crippen LogP contribution in [-0.2, 0) is 9.47 Å². The van der Waals surface area contributed by atoms with Gasteiger partial charge in [-0.05, 0) is 26.3 Å². The number of hydrogen-bond acceptors (Lipinski definition) is 4. The van der Waals surface area contributed by atoms with E-state index >= 15 is 0 Å². The van der Waals surface area contributed by atoms with Crippen LogP contribution < -0.4 is 5.32 Å². The monoisotopic (exact) mass is 260 g/mol. The molecule has 0 saturated heterocycles. The Kier molecular flexibility index (Phi) is 11.8. The first-order valence-electron chi connectivity index (χ1n) is 7.16. The van der Waals surface area contributed by atoms with E-state index in [1.165, 1.54) is 6.42 Å². The molecule has 2 unspecified atom stereocenters. The summed E-state index contributed by atoms with van der Waals surface area (Å²) in [5, 5.41) is 3.63. The van der Waals surface area contributed by atoms with Crippen LogP contribution in [0.25, 0.3) is 0 Å². The quantitative estimate of drug-likeness (QED) is 0.579. The van der Waals surface area contributed by atoms with Gasteiger partial charge in [-0.25, -0.2) is 0 Å². The Morgan fingerprint density at radius 2 is 1.61 bits per heavy atom. The summed E-state index contributed by atoms with van der Waals surface area (Å²) in [4.78, 5) is 2.45. The van der Waals surface area contributed by atoms with Crippen LogP contribution in [0, 0.1) is 0 Å². The fourth-order valence-electron chi connectivity index (χ4n) is 2.18. The molecule has 0 aliphatic heterocycles. The lowest BCUT2D eigenvalue weighted by atomic mass is 10.1. The number of methoxy groups -OCH3 is 2. The molecule has 110 valence electrons. The summed E-state index contributed by atoms with van der Waals surface area (Å²) in [6, 6.07) is 1.05. The van der Waals surface area contributed by atoms with E-state index < -0.39 is 0 Å². The Hall–Kier alpha value is -0.160. The predicted molar refractivity (Wildman–Crippen MR) is 77.2 cm³/mol. The van der Waals surface area contributed by atoms with Gasteiger partial charge < -0.3 is 14.8 Å². The number of nitrogens with zero attached hydrogens (tertiary/aromatic N) is 1. The Morgan fingerprint density at radius 1 is 1.06 bits per heavy atom. The van der Waals surface area contributed by atoms with Crippen LogP contribution in [0.4, 0.5) is 0 Å². The van der Waals surface area contributed by atoms with Gasteiger partial charge in [0.05, 0.1) is 13.2 Å². The van der Waals surface area contributed by atoms with Crippen molar-refractivity contribution in [2.24, 2.45) is 0 Å². The maximum Gasteiger partial charge on any atom is 0.0589 e. The third-order valence-corrected chi connectivity index (χ3v) is 3.42. The van der Waals surface area contributed by atoms with Gasteiger partial charge in [0.1, 0.15) is 0 Å². The molecule has 0 amide bonds. The number of nitrogens with one attached hydrogen (secondary N) is 1. The molecule has 0 radical (unpaired) electrons. The van der Waals surface area contributed by atoms with Crippen LogP contribution in [0.3, 0.4) is 0 Å². The highest BCUT2D eigenvalue weighted by molar-refractivity contribution is 4.80. The lowest BCUT2D eigenvalue weighted by molar-refractivity contribution is 0.0786. The van der Waals surface area contributed by atoms with E-state index in [1.54, 1.807) is 14.2 Å². The molecule has 4 nitrogen and oxygen atoms in total. The molecule has 4 heteroatoms. The van der Waals surface area contributed by atoms with Gasteiger partial charge >= 0.3 is 0 Å². The molecular formula is C14H32N2O2. The average molecular weight is 260 g/mol. The van der Waals surface area contributed by atoms with E-state index in [0.29, 0.717) is 12.1 Å². The van der Waals surface area contributed by atoms with E-state index in [0.717, 1.165) is 39.3 Å². The number of ether oxygens (including phenoxy) is 2.